The maximum absolute atomic E-state index is 12.3. The molecule has 3 aliphatic rings. The van der Waals surface area contributed by atoms with Gasteiger partial charge in [0.2, 0.25) is 11.8 Å². The first-order chi connectivity index (χ1) is 16.1. The Balaban J connectivity index is 0.000000239. The number of carbonyl (C=O) groups excluding carboxylic acids is 3. The molecule has 2 N–H and O–H groups in total. The summed E-state index contributed by atoms with van der Waals surface area (Å²) in [4.78, 5) is 36.8. The lowest BCUT2D eigenvalue weighted by atomic mass is 9.91. The normalized spacial score (nSPS) is 20.6. The summed E-state index contributed by atoms with van der Waals surface area (Å²) in [7, 11) is 0. The van der Waals surface area contributed by atoms with Gasteiger partial charge in [0.25, 0.3) is 5.91 Å². The van der Waals surface area contributed by atoms with Crippen molar-refractivity contribution in [3.63, 3.8) is 0 Å². The van der Waals surface area contributed by atoms with Gasteiger partial charge in [-0.3, -0.25) is 19.7 Å². The quantitative estimate of drug-likeness (QED) is 0.597. The van der Waals surface area contributed by atoms with Crippen LogP contribution in [0.3, 0.4) is 0 Å². The fraction of sp³-hybridized carbons (Fsp3) is 0.679. The Kier molecular flexibility index (Phi) is 10.7. The van der Waals surface area contributed by atoms with E-state index in [1.54, 1.807) is 11.0 Å². The fourth-order valence-electron chi connectivity index (χ4n) is 4.66. The molecule has 6 nitrogen and oxygen atoms in total. The summed E-state index contributed by atoms with van der Waals surface area (Å²) in [5.74, 6) is -0.750. The molecule has 1 atom stereocenters. The lowest BCUT2D eigenvalue weighted by Gasteiger charge is -2.29. The third kappa shape index (κ3) is 8.23. The maximum atomic E-state index is 12.3. The highest BCUT2D eigenvalue weighted by atomic mass is 16.2. The van der Waals surface area contributed by atoms with E-state index in [0.29, 0.717) is 23.9 Å². The van der Waals surface area contributed by atoms with E-state index in [9.17, 15) is 14.4 Å². The van der Waals surface area contributed by atoms with Crippen molar-refractivity contribution in [1.29, 1.82) is 0 Å². The Hall–Kier alpha value is -2.21. The molecular formula is C28H45N3O3. The molecule has 2 fully saturated rings. The van der Waals surface area contributed by atoms with Crippen LogP contribution in [0.4, 0.5) is 0 Å². The minimum absolute atomic E-state index is 0.121. The van der Waals surface area contributed by atoms with E-state index in [-0.39, 0.29) is 24.1 Å². The molecule has 1 aromatic carbocycles. The van der Waals surface area contributed by atoms with E-state index in [2.05, 4.69) is 31.4 Å². The van der Waals surface area contributed by atoms with Crippen molar-refractivity contribution in [1.82, 2.24) is 15.5 Å². The highest BCUT2D eigenvalue weighted by molar-refractivity contribution is 6.05. The van der Waals surface area contributed by atoms with Gasteiger partial charge in [0.05, 0.1) is 0 Å². The summed E-state index contributed by atoms with van der Waals surface area (Å²) in [5.41, 5.74) is 3.20. The average molecular weight is 472 g/mol. The Morgan fingerprint density at radius 2 is 1.71 bits per heavy atom. The van der Waals surface area contributed by atoms with E-state index in [1.807, 2.05) is 32.9 Å². The van der Waals surface area contributed by atoms with E-state index >= 15 is 0 Å². The molecule has 2 aliphatic heterocycles. The molecule has 6 heteroatoms. The van der Waals surface area contributed by atoms with Gasteiger partial charge in [-0.25, -0.2) is 0 Å². The summed E-state index contributed by atoms with van der Waals surface area (Å²) >= 11 is 0. The van der Waals surface area contributed by atoms with Crippen LogP contribution >= 0.6 is 0 Å². The molecule has 3 amide bonds. The number of nitrogens with one attached hydrogen (secondary N) is 2. The minimum atomic E-state index is -0.530. The van der Waals surface area contributed by atoms with Crippen LogP contribution in [0.2, 0.25) is 0 Å². The average Bonchev–Trinajstić information content (AvgIpc) is 3.11. The zero-order valence-corrected chi connectivity index (χ0v) is 22.1. The van der Waals surface area contributed by atoms with Crippen molar-refractivity contribution >= 4 is 17.7 Å². The second kappa shape index (κ2) is 13.0. The van der Waals surface area contributed by atoms with Gasteiger partial charge in [0.1, 0.15) is 6.04 Å². The smallest absolute Gasteiger partial charge is 0.255 e. The molecule has 0 bridgehead atoms. The van der Waals surface area contributed by atoms with Gasteiger partial charge in [-0.05, 0) is 56.2 Å². The molecule has 0 aromatic heterocycles. The van der Waals surface area contributed by atoms with Gasteiger partial charge >= 0.3 is 0 Å². The molecule has 1 saturated carbocycles. The van der Waals surface area contributed by atoms with E-state index < -0.39 is 6.04 Å². The Labute approximate surface area is 206 Å². The van der Waals surface area contributed by atoms with Crippen molar-refractivity contribution in [2.24, 2.45) is 5.41 Å². The van der Waals surface area contributed by atoms with Gasteiger partial charge in [0, 0.05) is 24.6 Å². The standard InChI is InChI=1S/C14H14N2O3.C12H25N.C2H6/c1-8-2-3-10-9(6-8)7-16(14(10)19)11-4-5-12(17)15-13(11)18;1-12(2,3)9-10-13-11-7-5-4-6-8-11;1-2/h2-3,6,11H,4-5,7H2,1H3,(H,15,17,18);11,13H,4-10H2,1-3H3;1-2H3. The van der Waals surface area contributed by atoms with Gasteiger partial charge < -0.3 is 10.2 Å². The summed E-state index contributed by atoms with van der Waals surface area (Å²) in [6.45, 7) is 14.6. The molecule has 1 aromatic rings. The zero-order valence-electron chi connectivity index (χ0n) is 22.1. The van der Waals surface area contributed by atoms with Crippen LogP contribution in [0.15, 0.2) is 18.2 Å². The monoisotopic (exact) mass is 471 g/mol. The minimum Gasteiger partial charge on any atom is -0.322 e. The fourth-order valence-corrected chi connectivity index (χ4v) is 4.66. The van der Waals surface area contributed by atoms with E-state index in [4.69, 9.17) is 0 Å². The second-order valence-corrected chi connectivity index (χ2v) is 10.7. The van der Waals surface area contributed by atoms with Crippen LogP contribution in [0.1, 0.15) is 107 Å². The number of hydrogen-bond acceptors (Lipinski definition) is 4. The lowest BCUT2D eigenvalue weighted by molar-refractivity contribution is -0.136. The number of aryl methyl sites for hydroxylation is 1. The third-order valence-corrected chi connectivity index (χ3v) is 6.59. The summed E-state index contributed by atoms with van der Waals surface area (Å²) in [5, 5.41) is 5.97. The first-order valence-corrected chi connectivity index (χ1v) is 13.1. The molecule has 34 heavy (non-hydrogen) atoms. The summed E-state index contributed by atoms with van der Waals surface area (Å²) in [6.07, 6.45) is 9.13. The molecule has 1 unspecified atom stereocenters. The Morgan fingerprint density at radius 1 is 1.03 bits per heavy atom. The van der Waals surface area contributed by atoms with Crippen LogP contribution in [0.5, 0.6) is 0 Å². The van der Waals surface area contributed by atoms with Gasteiger partial charge in [-0.2, -0.15) is 0 Å². The number of amides is 3. The SMILES string of the molecule is CC.CC(C)(C)CCNC1CCCCC1.Cc1ccc2c(c1)CN(C1CCC(=O)NC1=O)C2=O. The topological polar surface area (TPSA) is 78.5 Å². The number of hydrogen-bond donors (Lipinski definition) is 2. The number of nitrogens with zero attached hydrogens (tertiary/aromatic N) is 1. The first-order valence-electron chi connectivity index (χ1n) is 13.1. The molecule has 0 radical (unpaired) electrons. The molecule has 190 valence electrons. The Bertz CT molecular complexity index is 838. The predicted molar refractivity (Wildman–Crippen MR) is 138 cm³/mol. The number of imide groups is 1. The largest absolute Gasteiger partial charge is 0.322 e. The maximum Gasteiger partial charge on any atom is 0.255 e. The summed E-state index contributed by atoms with van der Waals surface area (Å²) < 4.78 is 0. The van der Waals surface area contributed by atoms with Crippen molar-refractivity contribution in [3.8, 4) is 0 Å². The summed E-state index contributed by atoms with van der Waals surface area (Å²) in [6, 6.07) is 5.97. The highest BCUT2D eigenvalue weighted by Gasteiger charge is 2.38. The van der Waals surface area contributed by atoms with Gasteiger partial charge in [-0.1, -0.05) is 71.6 Å². The lowest BCUT2D eigenvalue weighted by Crippen LogP contribution is -2.52. The number of rotatable bonds is 4. The van der Waals surface area contributed by atoms with Crippen LogP contribution in [-0.2, 0) is 16.1 Å². The number of fused-ring (bicyclic) bond motifs is 1. The molecule has 1 aliphatic carbocycles. The van der Waals surface area contributed by atoms with Crippen molar-refractivity contribution in [2.75, 3.05) is 6.54 Å². The van der Waals surface area contributed by atoms with Crippen molar-refractivity contribution < 1.29 is 14.4 Å². The number of carbonyl (C=O) groups is 3. The third-order valence-electron chi connectivity index (χ3n) is 6.59. The number of piperidine rings is 1. The second-order valence-electron chi connectivity index (χ2n) is 10.7. The predicted octanol–water partition coefficient (Wildman–Crippen LogP) is 5.13. The van der Waals surface area contributed by atoms with Crippen molar-refractivity contribution in [2.45, 2.75) is 112 Å². The van der Waals surface area contributed by atoms with Crippen LogP contribution in [0.25, 0.3) is 0 Å². The number of benzene rings is 1. The first kappa shape index (κ1) is 28.0. The van der Waals surface area contributed by atoms with Gasteiger partial charge in [0.15, 0.2) is 0 Å². The Morgan fingerprint density at radius 3 is 2.32 bits per heavy atom. The molecule has 1 saturated heterocycles. The van der Waals surface area contributed by atoms with E-state index in [0.717, 1.165) is 17.2 Å². The molecular weight excluding hydrogens is 426 g/mol. The molecule has 4 rings (SSSR count). The highest BCUT2D eigenvalue weighted by Crippen LogP contribution is 2.28. The van der Waals surface area contributed by atoms with Crippen LogP contribution in [-0.4, -0.2) is 41.2 Å². The van der Waals surface area contributed by atoms with E-state index in [1.165, 1.54) is 45.1 Å². The molecule has 2 heterocycles. The molecule has 0 spiro atoms. The van der Waals surface area contributed by atoms with Crippen LogP contribution in [0, 0.1) is 12.3 Å². The van der Waals surface area contributed by atoms with Crippen LogP contribution < -0.4 is 10.6 Å². The van der Waals surface area contributed by atoms with Gasteiger partial charge in [-0.15, -0.1) is 0 Å². The zero-order chi connectivity index (χ0) is 25.3. The van der Waals surface area contributed by atoms with Crippen molar-refractivity contribution in [3.05, 3.63) is 34.9 Å².